The lowest BCUT2D eigenvalue weighted by molar-refractivity contribution is -0.121. The molecule has 1 unspecified atom stereocenters. The summed E-state index contributed by atoms with van der Waals surface area (Å²) in [6, 6.07) is 7.89. The van der Waals surface area contributed by atoms with Crippen LogP contribution in [0, 0.1) is 0 Å². The molecule has 1 rings (SSSR count). The standard InChI is InChI=1S/C14H21ClN2O/c1-11(16)4-9-14(18)17-10-2-3-12-5-7-13(15)8-6-12/h5-8,11H,2-4,9-10,16H2,1H3,(H,17,18). The Kier molecular flexibility index (Phi) is 6.76. The van der Waals surface area contributed by atoms with Crippen molar-refractivity contribution in [3.05, 3.63) is 34.9 Å². The van der Waals surface area contributed by atoms with Crippen LogP contribution in [0.25, 0.3) is 0 Å². The molecule has 0 saturated carbocycles. The number of carbonyl (C=O) groups excluding carboxylic acids is 1. The van der Waals surface area contributed by atoms with Crippen molar-refractivity contribution in [2.45, 2.75) is 38.6 Å². The molecule has 0 spiro atoms. The molecule has 3 N–H and O–H groups in total. The van der Waals surface area contributed by atoms with Crippen molar-refractivity contribution in [2.75, 3.05) is 6.54 Å². The Hall–Kier alpha value is -1.06. The molecule has 1 atom stereocenters. The normalized spacial score (nSPS) is 12.2. The van der Waals surface area contributed by atoms with Crippen LogP contribution in [-0.2, 0) is 11.2 Å². The van der Waals surface area contributed by atoms with Crippen LogP contribution < -0.4 is 11.1 Å². The summed E-state index contributed by atoms with van der Waals surface area (Å²) in [6.07, 6.45) is 3.14. The molecule has 3 nitrogen and oxygen atoms in total. The van der Waals surface area contributed by atoms with Crippen LogP contribution in [0.3, 0.4) is 0 Å². The summed E-state index contributed by atoms with van der Waals surface area (Å²) in [4.78, 5) is 11.4. The van der Waals surface area contributed by atoms with Crippen LogP contribution in [0.2, 0.25) is 5.02 Å². The summed E-state index contributed by atoms with van der Waals surface area (Å²) in [7, 11) is 0. The lowest BCUT2D eigenvalue weighted by Gasteiger charge is -2.07. The molecule has 0 saturated heterocycles. The van der Waals surface area contributed by atoms with Gasteiger partial charge in [-0.1, -0.05) is 23.7 Å². The van der Waals surface area contributed by atoms with Crippen LogP contribution in [0.15, 0.2) is 24.3 Å². The molecule has 0 fully saturated rings. The minimum absolute atomic E-state index is 0.0865. The zero-order chi connectivity index (χ0) is 13.4. The second-order valence-electron chi connectivity index (χ2n) is 4.60. The van der Waals surface area contributed by atoms with E-state index in [0.717, 1.165) is 24.3 Å². The number of hydrogen-bond acceptors (Lipinski definition) is 2. The maximum absolute atomic E-state index is 11.4. The molecule has 0 heterocycles. The molecule has 0 aromatic heterocycles. The lowest BCUT2D eigenvalue weighted by Crippen LogP contribution is -2.26. The Morgan fingerprint density at radius 1 is 1.39 bits per heavy atom. The molecule has 0 aliphatic heterocycles. The van der Waals surface area contributed by atoms with E-state index in [1.165, 1.54) is 5.56 Å². The van der Waals surface area contributed by atoms with Crippen LogP contribution in [0.4, 0.5) is 0 Å². The van der Waals surface area contributed by atoms with Crippen LogP contribution in [0.5, 0.6) is 0 Å². The molecule has 1 aromatic rings. The van der Waals surface area contributed by atoms with Gasteiger partial charge in [0, 0.05) is 24.0 Å². The SMILES string of the molecule is CC(N)CCC(=O)NCCCc1ccc(Cl)cc1. The summed E-state index contributed by atoms with van der Waals surface area (Å²) < 4.78 is 0. The van der Waals surface area contributed by atoms with Crippen molar-refractivity contribution in [1.29, 1.82) is 0 Å². The fraction of sp³-hybridized carbons (Fsp3) is 0.500. The fourth-order valence-corrected chi connectivity index (χ4v) is 1.74. The predicted molar refractivity (Wildman–Crippen MR) is 75.7 cm³/mol. The third kappa shape index (κ3) is 6.62. The van der Waals surface area contributed by atoms with Gasteiger partial charge in [0.05, 0.1) is 0 Å². The van der Waals surface area contributed by atoms with Crippen molar-refractivity contribution in [2.24, 2.45) is 5.73 Å². The number of nitrogens with two attached hydrogens (primary N) is 1. The second-order valence-corrected chi connectivity index (χ2v) is 5.03. The van der Waals surface area contributed by atoms with Gasteiger partial charge in [-0.25, -0.2) is 0 Å². The molecule has 1 amide bonds. The Labute approximate surface area is 114 Å². The van der Waals surface area contributed by atoms with Gasteiger partial charge in [-0.15, -0.1) is 0 Å². The molecule has 4 heteroatoms. The molecule has 1 aromatic carbocycles. The van der Waals surface area contributed by atoms with E-state index in [9.17, 15) is 4.79 Å². The minimum atomic E-state index is 0.0865. The fourth-order valence-electron chi connectivity index (χ4n) is 1.62. The van der Waals surface area contributed by atoms with Gasteiger partial charge in [0.2, 0.25) is 5.91 Å². The van der Waals surface area contributed by atoms with Gasteiger partial charge in [-0.3, -0.25) is 4.79 Å². The van der Waals surface area contributed by atoms with E-state index in [2.05, 4.69) is 5.32 Å². The smallest absolute Gasteiger partial charge is 0.220 e. The number of halogens is 1. The van der Waals surface area contributed by atoms with Gasteiger partial charge >= 0.3 is 0 Å². The van der Waals surface area contributed by atoms with E-state index < -0.39 is 0 Å². The summed E-state index contributed by atoms with van der Waals surface area (Å²) in [5.41, 5.74) is 6.83. The highest BCUT2D eigenvalue weighted by Gasteiger charge is 2.02. The number of benzene rings is 1. The zero-order valence-corrected chi connectivity index (χ0v) is 11.5. The van der Waals surface area contributed by atoms with Crippen molar-refractivity contribution in [3.8, 4) is 0 Å². The predicted octanol–water partition coefficient (Wildman–Crippen LogP) is 2.52. The Bertz CT molecular complexity index is 363. The molecule has 100 valence electrons. The number of hydrogen-bond donors (Lipinski definition) is 2. The molecule has 0 bridgehead atoms. The largest absolute Gasteiger partial charge is 0.356 e. The van der Waals surface area contributed by atoms with E-state index in [1.807, 2.05) is 31.2 Å². The molecule has 0 aliphatic rings. The third-order valence-corrected chi connectivity index (χ3v) is 2.96. The van der Waals surface area contributed by atoms with E-state index >= 15 is 0 Å². The molecular weight excluding hydrogens is 248 g/mol. The first-order valence-electron chi connectivity index (χ1n) is 6.34. The topological polar surface area (TPSA) is 55.1 Å². The summed E-state index contributed by atoms with van der Waals surface area (Å²) in [5, 5.41) is 3.65. The van der Waals surface area contributed by atoms with Crippen molar-refractivity contribution in [1.82, 2.24) is 5.32 Å². The van der Waals surface area contributed by atoms with Gasteiger partial charge in [0.15, 0.2) is 0 Å². The quantitative estimate of drug-likeness (QED) is 0.747. The Morgan fingerprint density at radius 3 is 2.67 bits per heavy atom. The average molecular weight is 269 g/mol. The summed E-state index contributed by atoms with van der Waals surface area (Å²) in [5.74, 6) is 0.0865. The zero-order valence-electron chi connectivity index (χ0n) is 10.8. The van der Waals surface area contributed by atoms with Gasteiger partial charge in [0.25, 0.3) is 0 Å². The van der Waals surface area contributed by atoms with Gasteiger partial charge < -0.3 is 11.1 Å². The first kappa shape index (κ1) is 15.0. The number of rotatable bonds is 7. The van der Waals surface area contributed by atoms with E-state index in [1.54, 1.807) is 0 Å². The van der Waals surface area contributed by atoms with E-state index in [0.29, 0.717) is 13.0 Å². The van der Waals surface area contributed by atoms with Crippen LogP contribution in [0.1, 0.15) is 31.7 Å². The van der Waals surface area contributed by atoms with Crippen molar-refractivity contribution >= 4 is 17.5 Å². The molecule has 0 aliphatic carbocycles. The second kappa shape index (κ2) is 8.11. The number of nitrogens with one attached hydrogen (secondary N) is 1. The number of carbonyl (C=O) groups is 1. The number of aryl methyl sites for hydroxylation is 1. The first-order chi connectivity index (χ1) is 8.58. The highest BCUT2D eigenvalue weighted by Crippen LogP contribution is 2.10. The van der Waals surface area contributed by atoms with Gasteiger partial charge in [-0.2, -0.15) is 0 Å². The molecule has 0 radical (unpaired) electrons. The monoisotopic (exact) mass is 268 g/mol. The van der Waals surface area contributed by atoms with Gasteiger partial charge in [0.1, 0.15) is 0 Å². The number of amides is 1. The molecule has 18 heavy (non-hydrogen) atoms. The maximum atomic E-state index is 11.4. The summed E-state index contributed by atoms with van der Waals surface area (Å²) >= 11 is 5.81. The first-order valence-corrected chi connectivity index (χ1v) is 6.72. The Balaban J connectivity index is 2.11. The average Bonchev–Trinajstić information content (AvgIpc) is 2.34. The lowest BCUT2D eigenvalue weighted by atomic mass is 10.1. The maximum Gasteiger partial charge on any atom is 0.220 e. The van der Waals surface area contributed by atoms with Crippen LogP contribution >= 0.6 is 11.6 Å². The van der Waals surface area contributed by atoms with Crippen LogP contribution in [-0.4, -0.2) is 18.5 Å². The van der Waals surface area contributed by atoms with Crippen molar-refractivity contribution < 1.29 is 4.79 Å². The van der Waals surface area contributed by atoms with Gasteiger partial charge in [-0.05, 0) is 43.9 Å². The molecular formula is C14H21ClN2O. The summed E-state index contributed by atoms with van der Waals surface area (Å²) in [6.45, 7) is 2.62. The van der Waals surface area contributed by atoms with E-state index in [4.69, 9.17) is 17.3 Å². The van der Waals surface area contributed by atoms with E-state index in [-0.39, 0.29) is 11.9 Å². The highest BCUT2D eigenvalue weighted by molar-refractivity contribution is 6.30. The highest BCUT2D eigenvalue weighted by atomic mass is 35.5. The minimum Gasteiger partial charge on any atom is -0.356 e. The Morgan fingerprint density at radius 2 is 2.06 bits per heavy atom. The van der Waals surface area contributed by atoms with Crippen molar-refractivity contribution in [3.63, 3.8) is 0 Å². The third-order valence-electron chi connectivity index (χ3n) is 2.70.